The van der Waals surface area contributed by atoms with Gasteiger partial charge in [-0.2, -0.15) is 0 Å². The minimum absolute atomic E-state index is 0.104. The lowest BCUT2D eigenvalue weighted by molar-refractivity contribution is 0.0590. The van der Waals surface area contributed by atoms with E-state index in [0.29, 0.717) is 12.0 Å². The van der Waals surface area contributed by atoms with Crippen molar-refractivity contribution in [1.29, 1.82) is 0 Å². The molecule has 16 heavy (non-hydrogen) atoms. The number of carbonyl (C=O) groups is 1. The van der Waals surface area contributed by atoms with Crippen LogP contribution in [0.2, 0.25) is 0 Å². The average molecular weight is 247 g/mol. The van der Waals surface area contributed by atoms with E-state index >= 15 is 0 Å². The molecule has 5 nitrogen and oxygen atoms in total. The van der Waals surface area contributed by atoms with E-state index in [2.05, 4.69) is 0 Å². The summed E-state index contributed by atoms with van der Waals surface area (Å²) in [5, 5.41) is 0. The van der Waals surface area contributed by atoms with Gasteiger partial charge in [-0.25, -0.2) is 8.42 Å². The number of amides is 1. The molecule has 0 bridgehead atoms. The van der Waals surface area contributed by atoms with Crippen LogP contribution in [-0.4, -0.2) is 32.2 Å². The zero-order chi connectivity index (χ0) is 12.3. The molecule has 0 radical (unpaired) electrons. The Hall–Kier alpha value is -1.63. The third-order valence-electron chi connectivity index (χ3n) is 1.77. The molecule has 0 saturated heterocycles. The van der Waals surface area contributed by atoms with Gasteiger partial charge in [0.15, 0.2) is 0 Å². The maximum atomic E-state index is 13.1. The molecule has 0 saturated carbocycles. The Kier molecular flexibility index (Phi) is 3.48. The van der Waals surface area contributed by atoms with Crippen LogP contribution in [0.3, 0.4) is 0 Å². The van der Waals surface area contributed by atoms with E-state index in [0.717, 1.165) is 0 Å². The number of sulfonamides is 1. The van der Waals surface area contributed by atoms with Crippen molar-refractivity contribution >= 4 is 15.9 Å². The van der Waals surface area contributed by atoms with Gasteiger partial charge in [0.2, 0.25) is 0 Å². The third-order valence-corrected chi connectivity index (χ3v) is 2.52. The number of benzene rings is 1. The summed E-state index contributed by atoms with van der Waals surface area (Å²) in [6.07, 6.45) is 0.602. The van der Waals surface area contributed by atoms with Crippen LogP contribution in [-0.2, 0) is 10.0 Å². The van der Waals surface area contributed by atoms with Gasteiger partial charge in [0, 0.05) is 5.56 Å². The molecular weight excluding hydrogens is 237 g/mol. The molecule has 1 aromatic carbocycles. The van der Waals surface area contributed by atoms with E-state index in [-0.39, 0.29) is 5.56 Å². The minimum Gasteiger partial charge on any atom is -0.497 e. The normalized spacial score (nSPS) is 10.9. The third kappa shape index (κ3) is 2.69. The highest BCUT2D eigenvalue weighted by molar-refractivity contribution is 7.88. The monoisotopic (exact) mass is 247 g/mol. The predicted octanol–water partition coefficient (Wildman–Crippen LogP) is 0.982. The van der Waals surface area contributed by atoms with E-state index in [1.165, 1.54) is 25.3 Å². The summed E-state index contributed by atoms with van der Waals surface area (Å²) in [5.74, 6) is -0.908. The number of hydrogen-bond acceptors (Lipinski definition) is 4. The first kappa shape index (κ1) is 12.4. The van der Waals surface area contributed by atoms with Gasteiger partial charge in [-0.05, 0) is 18.2 Å². The summed E-state index contributed by atoms with van der Waals surface area (Å²) in [6.45, 7) is 0. The van der Waals surface area contributed by atoms with Crippen molar-refractivity contribution in [2.24, 2.45) is 0 Å². The maximum Gasteiger partial charge on any atom is 0.297 e. The van der Waals surface area contributed by atoms with Gasteiger partial charge < -0.3 is 4.74 Å². The number of rotatable bonds is 3. The zero-order valence-corrected chi connectivity index (χ0v) is 9.49. The summed E-state index contributed by atoms with van der Waals surface area (Å²) in [6, 6.07) is 5.56. The Labute approximate surface area is 92.4 Å². The van der Waals surface area contributed by atoms with Gasteiger partial charge in [-0.15, -0.1) is 0 Å². The molecule has 1 amide bonds. The molecule has 0 aliphatic heterocycles. The maximum absolute atomic E-state index is 13.1. The molecule has 1 aromatic rings. The number of nitrogens with zero attached hydrogens (tertiary/aromatic N) is 1. The zero-order valence-electron chi connectivity index (χ0n) is 8.68. The fourth-order valence-corrected chi connectivity index (χ4v) is 1.41. The molecule has 1 rings (SSSR count). The van der Waals surface area contributed by atoms with Gasteiger partial charge in [-0.1, -0.05) is 15.1 Å². The molecule has 0 N–H and O–H groups in total. The highest BCUT2D eigenvalue weighted by atomic mass is 32.2. The van der Waals surface area contributed by atoms with Gasteiger partial charge >= 0.3 is 0 Å². The highest BCUT2D eigenvalue weighted by Crippen LogP contribution is 2.15. The Morgan fingerprint density at radius 3 is 2.56 bits per heavy atom. The Bertz CT molecular complexity index is 500. The van der Waals surface area contributed by atoms with Crippen LogP contribution in [0.25, 0.3) is 0 Å². The van der Waals surface area contributed by atoms with Crippen LogP contribution >= 0.6 is 0 Å². The molecule has 0 fully saturated rings. The number of halogens is 1. The van der Waals surface area contributed by atoms with Crippen LogP contribution in [0.1, 0.15) is 10.4 Å². The molecule has 0 heterocycles. The molecule has 7 heteroatoms. The molecule has 0 unspecified atom stereocenters. The lowest BCUT2D eigenvalue weighted by Crippen LogP contribution is -2.28. The van der Waals surface area contributed by atoms with Crippen LogP contribution in [0.15, 0.2) is 24.3 Å². The molecule has 0 aromatic heterocycles. The van der Waals surface area contributed by atoms with Crippen molar-refractivity contribution in [3.63, 3.8) is 0 Å². The van der Waals surface area contributed by atoms with Crippen LogP contribution in [0.4, 0.5) is 4.48 Å². The summed E-state index contributed by atoms with van der Waals surface area (Å²) < 4.78 is 38.7. The van der Waals surface area contributed by atoms with Gasteiger partial charge in [-0.3, -0.25) is 4.79 Å². The second kappa shape index (κ2) is 4.48. The predicted molar refractivity (Wildman–Crippen MR) is 55.1 cm³/mol. The summed E-state index contributed by atoms with van der Waals surface area (Å²) in [5.41, 5.74) is -0.104. The van der Waals surface area contributed by atoms with Crippen molar-refractivity contribution in [3.8, 4) is 5.75 Å². The SMILES string of the molecule is COc1cccc(C(=O)N(F)S(C)(=O)=O)c1. The second-order valence-electron chi connectivity index (χ2n) is 3.01. The standard InChI is InChI=1S/C9H10FNO4S/c1-15-8-5-3-4-7(6-8)9(12)11(10)16(2,13)14/h3-6H,1-2H3. The molecular formula is C9H10FNO4S. The van der Waals surface area contributed by atoms with Gasteiger partial charge in [0.25, 0.3) is 15.9 Å². The van der Waals surface area contributed by atoms with Gasteiger partial charge in [0.1, 0.15) is 5.75 Å². The second-order valence-corrected chi connectivity index (χ2v) is 4.80. The number of methoxy groups -OCH3 is 1. The number of hydrogen-bond donors (Lipinski definition) is 0. The minimum atomic E-state index is -4.19. The number of carbonyl (C=O) groups excluding carboxylic acids is 1. The molecule has 0 atom stereocenters. The van der Waals surface area contributed by atoms with Crippen molar-refractivity contribution in [2.75, 3.05) is 13.4 Å². The first-order chi connectivity index (χ1) is 7.36. The van der Waals surface area contributed by atoms with E-state index in [9.17, 15) is 17.7 Å². The fraction of sp³-hybridized carbons (Fsp3) is 0.222. The quantitative estimate of drug-likeness (QED) is 0.747. The first-order valence-corrected chi connectivity index (χ1v) is 6.05. The van der Waals surface area contributed by atoms with E-state index in [1.54, 1.807) is 6.07 Å². The van der Waals surface area contributed by atoms with Crippen LogP contribution in [0, 0.1) is 0 Å². The summed E-state index contributed by atoms with van der Waals surface area (Å²) in [4.78, 5) is 11.4. The van der Waals surface area contributed by atoms with Gasteiger partial charge in [0.05, 0.1) is 13.4 Å². The smallest absolute Gasteiger partial charge is 0.297 e. The lowest BCUT2D eigenvalue weighted by atomic mass is 10.2. The van der Waals surface area contributed by atoms with E-state index in [4.69, 9.17) is 4.74 Å². The first-order valence-electron chi connectivity index (χ1n) is 4.20. The molecule has 0 spiro atoms. The molecule has 0 aliphatic rings. The fourth-order valence-electron chi connectivity index (χ4n) is 1.01. The molecule has 0 aliphatic carbocycles. The highest BCUT2D eigenvalue weighted by Gasteiger charge is 2.24. The van der Waals surface area contributed by atoms with Crippen molar-refractivity contribution in [3.05, 3.63) is 29.8 Å². The largest absolute Gasteiger partial charge is 0.497 e. The Balaban J connectivity index is 3.06. The van der Waals surface area contributed by atoms with Crippen LogP contribution in [0.5, 0.6) is 5.75 Å². The lowest BCUT2D eigenvalue weighted by Gasteiger charge is -2.09. The average Bonchev–Trinajstić information content (AvgIpc) is 2.26. The Morgan fingerprint density at radius 1 is 1.44 bits per heavy atom. The van der Waals surface area contributed by atoms with E-state index < -0.39 is 20.5 Å². The molecule has 88 valence electrons. The Morgan fingerprint density at radius 2 is 2.06 bits per heavy atom. The summed E-state index contributed by atoms with van der Waals surface area (Å²) in [7, 11) is -2.81. The topological polar surface area (TPSA) is 63.7 Å². The van der Waals surface area contributed by atoms with E-state index in [1.807, 2.05) is 0 Å². The van der Waals surface area contributed by atoms with Crippen LogP contribution < -0.4 is 4.74 Å². The van der Waals surface area contributed by atoms with Crippen molar-refractivity contribution < 1.29 is 22.4 Å². The van der Waals surface area contributed by atoms with Crippen molar-refractivity contribution in [1.82, 2.24) is 4.53 Å². The van der Waals surface area contributed by atoms with Crippen molar-refractivity contribution in [2.45, 2.75) is 0 Å². The number of ether oxygens (including phenoxy) is 1. The summed E-state index contributed by atoms with van der Waals surface area (Å²) >= 11 is 0.